The molecule has 2 heterocycles. The summed E-state index contributed by atoms with van der Waals surface area (Å²) in [6.07, 6.45) is 2.41. The molecule has 0 spiro atoms. The van der Waals surface area contributed by atoms with Crippen LogP contribution in [0, 0.1) is 0 Å². The molecule has 2 saturated heterocycles. The second-order valence-electron chi connectivity index (χ2n) is 7.35. The highest BCUT2D eigenvalue weighted by atomic mass is 79.9. The van der Waals surface area contributed by atoms with Crippen molar-refractivity contribution >= 4 is 43.2 Å². The van der Waals surface area contributed by atoms with Gasteiger partial charge in [-0.1, -0.05) is 0 Å². The van der Waals surface area contributed by atoms with Gasteiger partial charge in [0, 0.05) is 42.0 Å². The normalized spacial score (nSPS) is 17.8. The van der Waals surface area contributed by atoms with E-state index in [1.165, 1.54) is 29.3 Å². The van der Waals surface area contributed by atoms with Gasteiger partial charge >= 0.3 is 0 Å². The summed E-state index contributed by atoms with van der Waals surface area (Å²) in [6, 6.07) is 12.3. The van der Waals surface area contributed by atoms with Crippen LogP contribution in [-0.2, 0) is 14.8 Å². The molecule has 0 bridgehead atoms. The molecule has 9 heteroatoms. The maximum absolute atomic E-state index is 12.9. The quantitative estimate of drug-likeness (QED) is 0.690. The minimum atomic E-state index is -3.68. The molecule has 160 valence electrons. The summed E-state index contributed by atoms with van der Waals surface area (Å²) in [5, 5.41) is 2.86. The lowest BCUT2D eigenvalue weighted by Crippen LogP contribution is -2.40. The lowest BCUT2D eigenvalue weighted by Gasteiger charge is -2.26. The highest BCUT2D eigenvalue weighted by molar-refractivity contribution is 9.10. The Kier molecular flexibility index (Phi) is 6.43. The predicted molar refractivity (Wildman–Crippen MR) is 120 cm³/mol. The number of nitrogens with zero attached hydrogens (tertiary/aromatic N) is 2. The van der Waals surface area contributed by atoms with Gasteiger partial charge in [0.2, 0.25) is 10.0 Å². The van der Waals surface area contributed by atoms with E-state index in [0.717, 1.165) is 18.8 Å². The van der Waals surface area contributed by atoms with Crippen molar-refractivity contribution < 1.29 is 17.9 Å². The van der Waals surface area contributed by atoms with E-state index in [9.17, 15) is 13.2 Å². The zero-order valence-electron chi connectivity index (χ0n) is 16.5. The van der Waals surface area contributed by atoms with E-state index < -0.39 is 10.0 Å². The number of nitrogens with one attached hydrogen (secondary N) is 1. The first-order chi connectivity index (χ1) is 14.4. The number of halogens is 1. The molecule has 4 rings (SSSR count). The third kappa shape index (κ3) is 4.54. The Hall–Kier alpha value is -1.94. The number of amides is 1. The molecule has 1 amide bonds. The standard InChI is InChI=1S/C21H24BrN3O4S/c22-20-8-7-18(30(27,28)25-11-13-29-14-12-25)15-19(20)21(26)23-16-3-5-17(6-4-16)24-9-1-2-10-24/h3-8,15H,1-2,9-14H2,(H,23,26). The minimum absolute atomic E-state index is 0.0992. The number of benzene rings is 2. The van der Waals surface area contributed by atoms with E-state index in [0.29, 0.717) is 36.5 Å². The molecule has 0 radical (unpaired) electrons. The molecule has 2 fully saturated rings. The summed E-state index contributed by atoms with van der Waals surface area (Å²) in [6.45, 7) is 3.48. The van der Waals surface area contributed by atoms with Crippen molar-refractivity contribution in [1.82, 2.24) is 4.31 Å². The molecule has 0 unspecified atom stereocenters. The van der Waals surface area contributed by atoms with Crippen LogP contribution in [0.2, 0.25) is 0 Å². The van der Waals surface area contributed by atoms with E-state index in [2.05, 4.69) is 26.1 Å². The summed E-state index contributed by atoms with van der Waals surface area (Å²) in [7, 11) is -3.68. The van der Waals surface area contributed by atoms with Gasteiger partial charge in [-0.25, -0.2) is 8.42 Å². The van der Waals surface area contributed by atoms with Crippen molar-refractivity contribution in [3.63, 3.8) is 0 Å². The van der Waals surface area contributed by atoms with Crippen molar-refractivity contribution in [1.29, 1.82) is 0 Å². The molecular formula is C21H24BrN3O4S. The van der Waals surface area contributed by atoms with Gasteiger partial charge < -0.3 is 15.0 Å². The SMILES string of the molecule is O=C(Nc1ccc(N2CCCC2)cc1)c1cc(S(=O)(=O)N2CCOCC2)ccc1Br. The number of ether oxygens (including phenoxy) is 1. The zero-order valence-corrected chi connectivity index (χ0v) is 18.9. The van der Waals surface area contributed by atoms with Gasteiger partial charge in [-0.15, -0.1) is 0 Å². The van der Waals surface area contributed by atoms with Gasteiger partial charge in [-0.05, 0) is 71.2 Å². The Balaban J connectivity index is 1.51. The Labute approximate surface area is 185 Å². The first-order valence-corrected chi connectivity index (χ1v) is 12.2. The first-order valence-electron chi connectivity index (χ1n) is 9.99. The maximum atomic E-state index is 12.9. The van der Waals surface area contributed by atoms with Crippen LogP contribution in [0.1, 0.15) is 23.2 Å². The first kappa shape index (κ1) is 21.3. The fraction of sp³-hybridized carbons (Fsp3) is 0.381. The topological polar surface area (TPSA) is 79.0 Å². The van der Waals surface area contributed by atoms with Crippen LogP contribution in [-0.4, -0.2) is 58.0 Å². The lowest BCUT2D eigenvalue weighted by molar-refractivity contribution is 0.0730. The number of carbonyl (C=O) groups is 1. The van der Waals surface area contributed by atoms with E-state index in [1.54, 1.807) is 6.07 Å². The largest absolute Gasteiger partial charge is 0.379 e. The van der Waals surface area contributed by atoms with Crippen molar-refractivity contribution in [3.8, 4) is 0 Å². The zero-order chi connectivity index (χ0) is 21.1. The van der Waals surface area contributed by atoms with Crippen molar-refractivity contribution in [3.05, 3.63) is 52.5 Å². The molecule has 30 heavy (non-hydrogen) atoms. The average Bonchev–Trinajstić information content (AvgIpc) is 3.30. The van der Waals surface area contributed by atoms with Gasteiger partial charge in [0.1, 0.15) is 0 Å². The van der Waals surface area contributed by atoms with Crippen LogP contribution in [0.5, 0.6) is 0 Å². The second-order valence-corrected chi connectivity index (χ2v) is 10.1. The molecule has 0 aliphatic carbocycles. The van der Waals surface area contributed by atoms with Crippen LogP contribution in [0.25, 0.3) is 0 Å². The summed E-state index contributed by atoms with van der Waals surface area (Å²) >= 11 is 3.37. The highest BCUT2D eigenvalue weighted by Crippen LogP contribution is 2.26. The third-order valence-corrected chi connectivity index (χ3v) is 7.97. The van der Waals surface area contributed by atoms with Crippen molar-refractivity contribution in [2.75, 3.05) is 49.6 Å². The van der Waals surface area contributed by atoms with Gasteiger partial charge in [0.25, 0.3) is 5.91 Å². The number of rotatable bonds is 5. The van der Waals surface area contributed by atoms with Crippen molar-refractivity contribution in [2.45, 2.75) is 17.7 Å². The molecule has 0 aromatic heterocycles. The summed E-state index contributed by atoms with van der Waals surface area (Å²) < 4.78 is 33.0. The smallest absolute Gasteiger partial charge is 0.256 e. The number of morpholine rings is 1. The summed E-state index contributed by atoms with van der Waals surface area (Å²) in [5.74, 6) is -0.366. The molecule has 0 atom stereocenters. The number of hydrogen-bond donors (Lipinski definition) is 1. The number of carbonyl (C=O) groups excluding carboxylic acids is 1. The summed E-state index contributed by atoms with van der Waals surface area (Å²) in [4.78, 5) is 15.3. The van der Waals surface area contributed by atoms with E-state index >= 15 is 0 Å². The molecule has 1 N–H and O–H groups in total. The van der Waals surface area contributed by atoms with Crippen LogP contribution in [0.15, 0.2) is 51.8 Å². The van der Waals surface area contributed by atoms with Crippen LogP contribution in [0.3, 0.4) is 0 Å². The fourth-order valence-corrected chi connectivity index (χ4v) is 5.57. The molecule has 2 aliphatic heterocycles. The third-order valence-electron chi connectivity index (χ3n) is 5.39. The van der Waals surface area contributed by atoms with Crippen LogP contribution >= 0.6 is 15.9 Å². The van der Waals surface area contributed by atoms with Gasteiger partial charge in [0.05, 0.1) is 23.7 Å². The Morgan fingerprint density at radius 2 is 1.63 bits per heavy atom. The van der Waals surface area contributed by atoms with Gasteiger partial charge in [-0.3, -0.25) is 4.79 Å². The van der Waals surface area contributed by atoms with Crippen LogP contribution in [0.4, 0.5) is 11.4 Å². The molecule has 7 nitrogen and oxygen atoms in total. The second kappa shape index (κ2) is 9.05. The highest BCUT2D eigenvalue weighted by Gasteiger charge is 2.27. The Morgan fingerprint density at radius 1 is 0.967 bits per heavy atom. The number of sulfonamides is 1. The van der Waals surface area contributed by atoms with E-state index in [1.807, 2.05) is 24.3 Å². The molecule has 0 saturated carbocycles. The van der Waals surface area contributed by atoms with Crippen LogP contribution < -0.4 is 10.2 Å². The number of hydrogen-bond acceptors (Lipinski definition) is 5. The molecule has 2 aromatic carbocycles. The van der Waals surface area contributed by atoms with Gasteiger partial charge in [0.15, 0.2) is 0 Å². The molecule has 2 aromatic rings. The lowest BCUT2D eigenvalue weighted by atomic mass is 10.2. The predicted octanol–water partition coefficient (Wildman–Crippen LogP) is 3.32. The maximum Gasteiger partial charge on any atom is 0.256 e. The summed E-state index contributed by atoms with van der Waals surface area (Å²) in [5.41, 5.74) is 2.08. The fourth-order valence-electron chi connectivity index (χ4n) is 3.70. The Morgan fingerprint density at radius 3 is 2.30 bits per heavy atom. The minimum Gasteiger partial charge on any atom is -0.379 e. The van der Waals surface area contributed by atoms with E-state index in [-0.39, 0.29) is 16.4 Å². The van der Waals surface area contributed by atoms with E-state index in [4.69, 9.17) is 4.74 Å². The number of anilines is 2. The molecule has 2 aliphatic rings. The molecular weight excluding hydrogens is 470 g/mol. The van der Waals surface area contributed by atoms with Crippen molar-refractivity contribution in [2.24, 2.45) is 0 Å². The van der Waals surface area contributed by atoms with Gasteiger partial charge in [-0.2, -0.15) is 4.31 Å². The Bertz CT molecular complexity index is 1020. The average molecular weight is 494 g/mol. The monoisotopic (exact) mass is 493 g/mol.